The number of carboxylic acids is 1. The van der Waals surface area contributed by atoms with Crippen LogP contribution in [0.5, 0.6) is 0 Å². The van der Waals surface area contributed by atoms with Gasteiger partial charge in [0.1, 0.15) is 0 Å². The molecule has 3 rings (SSSR count). The van der Waals surface area contributed by atoms with Gasteiger partial charge in [0.25, 0.3) is 0 Å². The molecule has 146 valence electrons. The number of carboxylic acid groups (broad SMARTS) is 1. The van der Waals surface area contributed by atoms with Crippen molar-refractivity contribution in [1.82, 2.24) is 5.32 Å². The minimum absolute atomic E-state index is 0.0261. The second-order valence-electron chi connectivity index (χ2n) is 7.05. The van der Waals surface area contributed by atoms with Gasteiger partial charge in [0.05, 0.1) is 6.04 Å². The molecule has 0 aromatic heterocycles. The van der Waals surface area contributed by atoms with Crippen molar-refractivity contribution in [3.05, 3.63) is 65.7 Å². The first-order valence-corrected chi connectivity index (χ1v) is 9.48. The number of carbonyl (C=O) groups excluding carboxylic acids is 2. The summed E-state index contributed by atoms with van der Waals surface area (Å²) in [4.78, 5) is 35.7. The lowest BCUT2D eigenvalue weighted by atomic mass is 9.89. The summed E-state index contributed by atoms with van der Waals surface area (Å²) in [5, 5.41) is 14.8. The number of fused-ring (bicyclic) bond motifs is 1. The summed E-state index contributed by atoms with van der Waals surface area (Å²) in [6.45, 7) is 0. The van der Waals surface area contributed by atoms with Crippen LogP contribution in [0.2, 0.25) is 0 Å². The second kappa shape index (κ2) is 9.17. The van der Waals surface area contributed by atoms with Gasteiger partial charge in [-0.1, -0.05) is 48.5 Å². The highest BCUT2D eigenvalue weighted by Gasteiger charge is 2.26. The highest BCUT2D eigenvalue weighted by molar-refractivity contribution is 5.96. The Balaban J connectivity index is 1.57. The predicted octanol–water partition coefficient (Wildman–Crippen LogP) is 3.30. The first-order chi connectivity index (χ1) is 13.5. The Kier molecular flexibility index (Phi) is 6.42. The SMILES string of the molecule is O=C(O)CCC(NC(=O)CCC1Cc2ccccc2NC1=O)c1ccccc1. The number of para-hydroxylation sites is 1. The van der Waals surface area contributed by atoms with Gasteiger partial charge in [-0.15, -0.1) is 0 Å². The molecule has 28 heavy (non-hydrogen) atoms. The van der Waals surface area contributed by atoms with E-state index in [0.29, 0.717) is 19.3 Å². The highest BCUT2D eigenvalue weighted by atomic mass is 16.4. The Labute approximate surface area is 164 Å². The molecule has 1 heterocycles. The molecule has 0 aliphatic carbocycles. The minimum Gasteiger partial charge on any atom is -0.481 e. The monoisotopic (exact) mass is 380 g/mol. The Morgan fingerprint density at radius 2 is 1.79 bits per heavy atom. The Bertz CT molecular complexity index is 851. The molecule has 2 unspecified atom stereocenters. The smallest absolute Gasteiger partial charge is 0.303 e. The summed E-state index contributed by atoms with van der Waals surface area (Å²) in [6, 6.07) is 16.7. The molecule has 6 nitrogen and oxygen atoms in total. The molecular formula is C22H24N2O4. The van der Waals surface area contributed by atoms with E-state index in [0.717, 1.165) is 16.8 Å². The van der Waals surface area contributed by atoms with Crippen LogP contribution in [0, 0.1) is 5.92 Å². The van der Waals surface area contributed by atoms with Crippen LogP contribution in [0.3, 0.4) is 0 Å². The number of hydrogen-bond donors (Lipinski definition) is 3. The fourth-order valence-corrected chi connectivity index (χ4v) is 3.49. The molecule has 0 spiro atoms. The third-order valence-electron chi connectivity index (χ3n) is 5.02. The number of carbonyl (C=O) groups is 3. The van der Waals surface area contributed by atoms with Crippen molar-refractivity contribution in [3.63, 3.8) is 0 Å². The van der Waals surface area contributed by atoms with Gasteiger partial charge in [-0.25, -0.2) is 0 Å². The van der Waals surface area contributed by atoms with E-state index in [2.05, 4.69) is 10.6 Å². The summed E-state index contributed by atoms with van der Waals surface area (Å²) in [7, 11) is 0. The zero-order chi connectivity index (χ0) is 19.9. The van der Waals surface area contributed by atoms with Crippen molar-refractivity contribution in [3.8, 4) is 0 Å². The highest BCUT2D eigenvalue weighted by Crippen LogP contribution is 2.27. The van der Waals surface area contributed by atoms with E-state index < -0.39 is 5.97 Å². The minimum atomic E-state index is -0.896. The number of aliphatic carboxylic acids is 1. The van der Waals surface area contributed by atoms with Crippen LogP contribution in [-0.2, 0) is 20.8 Å². The molecule has 6 heteroatoms. The summed E-state index contributed by atoms with van der Waals surface area (Å²) < 4.78 is 0. The van der Waals surface area contributed by atoms with E-state index in [-0.39, 0.29) is 36.6 Å². The molecule has 0 radical (unpaired) electrons. The van der Waals surface area contributed by atoms with Crippen molar-refractivity contribution in [2.45, 2.75) is 38.1 Å². The summed E-state index contributed by atoms with van der Waals surface area (Å²) in [5.41, 5.74) is 2.79. The van der Waals surface area contributed by atoms with Gasteiger partial charge in [0.2, 0.25) is 11.8 Å². The molecule has 1 aliphatic rings. The van der Waals surface area contributed by atoms with Crippen LogP contribution >= 0.6 is 0 Å². The summed E-state index contributed by atoms with van der Waals surface area (Å²) in [6.07, 6.45) is 1.59. The summed E-state index contributed by atoms with van der Waals surface area (Å²) in [5.74, 6) is -1.37. The number of amides is 2. The average Bonchev–Trinajstić information content (AvgIpc) is 2.70. The van der Waals surface area contributed by atoms with E-state index in [4.69, 9.17) is 5.11 Å². The lowest BCUT2D eigenvalue weighted by Gasteiger charge is -2.25. The van der Waals surface area contributed by atoms with E-state index in [9.17, 15) is 14.4 Å². The number of anilines is 1. The van der Waals surface area contributed by atoms with E-state index >= 15 is 0 Å². The quantitative estimate of drug-likeness (QED) is 0.655. The molecule has 2 atom stereocenters. The van der Waals surface area contributed by atoms with Crippen LogP contribution in [0.25, 0.3) is 0 Å². The van der Waals surface area contributed by atoms with Gasteiger partial charge in [0, 0.05) is 24.4 Å². The fraction of sp³-hybridized carbons (Fsp3) is 0.318. The largest absolute Gasteiger partial charge is 0.481 e. The third kappa shape index (κ3) is 5.19. The number of hydrogen-bond acceptors (Lipinski definition) is 3. The Morgan fingerprint density at radius 1 is 1.07 bits per heavy atom. The van der Waals surface area contributed by atoms with E-state index in [1.165, 1.54) is 0 Å². The van der Waals surface area contributed by atoms with Crippen LogP contribution < -0.4 is 10.6 Å². The maximum atomic E-state index is 12.5. The molecule has 2 aromatic carbocycles. The maximum Gasteiger partial charge on any atom is 0.303 e. The van der Waals surface area contributed by atoms with Crippen molar-refractivity contribution in [2.75, 3.05) is 5.32 Å². The number of benzene rings is 2. The van der Waals surface area contributed by atoms with Crippen molar-refractivity contribution in [1.29, 1.82) is 0 Å². The van der Waals surface area contributed by atoms with Crippen LogP contribution in [0.1, 0.15) is 42.9 Å². The van der Waals surface area contributed by atoms with Crippen molar-refractivity contribution < 1.29 is 19.5 Å². The number of nitrogens with one attached hydrogen (secondary N) is 2. The number of rotatable bonds is 8. The first kappa shape index (κ1) is 19.6. The lowest BCUT2D eigenvalue weighted by Crippen LogP contribution is -2.33. The van der Waals surface area contributed by atoms with Crippen molar-refractivity contribution >= 4 is 23.5 Å². The molecule has 0 saturated carbocycles. The lowest BCUT2D eigenvalue weighted by molar-refractivity contribution is -0.137. The second-order valence-corrected chi connectivity index (χ2v) is 7.05. The molecule has 0 bridgehead atoms. The molecule has 0 saturated heterocycles. The molecule has 1 aliphatic heterocycles. The zero-order valence-electron chi connectivity index (χ0n) is 15.6. The normalized spacial score (nSPS) is 16.6. The van der Waals surface area contributed by atoms with E-state index in [1.807, 2.05) is 54.6 Å². The van der Waals surface area contributed by atoms with Crippen LogP contribution in [0.15, 0.2) is 54.6 Å². The first-order valence-electron chi connectivity index (χ1n) is 9.48. The summed E-state index contributed by atoms with van der Waals surface area (Å²) >= 11 is 0. The van der Waals surface area contributed by atoms with Crippen molar-refractivity contribution in [2.24, 2.45) is 5.92 Å². The Morgan fingerprint density at radius 3 is 2.54 bits per heavy atom. The molecule has 3 N–H and O–H groups in total. The average molecular weight is 380 g/mol. The van der Waals surface area contributed by atoms with Crippen LogP contribution in [-0.4, -0.2) is 22.9 Å². The Hall–Kier alpha value is -3.15. The van der Waals surface area contributed by atoms with Gasteiger partial charge in [-0.3, -0.25) is 14.4 Å². The van der Waals surface area contributed by atoms with Gasteiger partial charge in [-0.2, -0.15) is 0 Å². The molecule has 2 aromatic rings. The van der Waals surface area contributed by atoms with Gasteiger partial charge < -0.3 is 15.7 Å². The topological polar surface area (TPSA) is 95.5 Å². The standard InChI is InChI=1S/C22H24N2O4/c25-20(23-19(11-13-21(26)27)15-6-2-1-3-7-15)12-10-17-14-16-8-4-5-9-18(16)24-22(17)28/h1-9,17,19H,10-14H2,(H,23,25)(H,24,28)(H,26,27). The predicted molar refractivity (Wildman–Crippen MR) is 106 cm³/mol. The van der Waals surface area contributed by atoms with Gasteiger partial charge in [-0.05, 0) is 36.5 Å². The van der Waals surface area contributed by atoms with Gasteiger partial charge >= 0.3 is 5.97 Å². The van der Waals surface area contributed by atoms with Gasteiger partial charge in [0.15, 0.2) is 0 Å². The third-order valence-corrected chi connectivity index (χ3v) is 5.02. The maximum absolute atomic E-state index is 12.5. The molecule has 0 fully saturated rings. The molecular weight excluding hydrogens is 356 g/mol. The zero-order valence-corrected chi connectivity index (χ0v) is 15.6. The molecule has 2 amide bonds. The van der Waals surface area contributed by atoms with E-state index in [1.54, 1.807) is 0 Å². The van der Waals surface area contributed by atoms with Crippen LogP contribution in [0.4, 0.5) is 5.69 Å². The fourth-order valence-electron chi connectivity index (χ4n) is 3.49.